The van der Waals surface area contributed by atoms with Crippen molar-refractivity contribution in [2.45, 2.75) is 44.4 Å². The lowest BCUT2D eigenvalue weighted by Gasteiger charge is -2.37. The van der Waals surface area contributed by atoms with E-state index < -0.39 is 41.0 Å². The predicted octanol–water partition coefficient (Wildman–Crippen LogP) is 1.28. The van der Waals surface area contributed by atoms with Crippen molar-refractivity contribution in [1.82, 2.24) is 4.57 Å². The Kier molecular flexibility index (Phi) is 4.20. The molecule has 4 rings (SSSR count). The Hall–Kier alpha value is -2.45. The number of aromatic nitrogens is 1. The zero-order valence-electron chi connectivity index (χ0n) is 14.9. The van der Waals surface area contributed by atoms with Gasteiger partial charge in [-0.25, -0.2) is 9.18 Å². The van der Waals surface area contributed by atoms with Gasteiger partial charge in [-0.2, -0.15) is 0 Å². The van der Waals surface area contributed by atoms with Crippen LogP contribution in [0, 0.1) is 5.82 Å². The Bertz CT molecular complexity index is 994. The van der Waals surface area contributed by atoms with Crippen LogP contribution in [0.5, 0.6) is 0 Å². The van der Waals surface area contributed by atoms with Crippen molar-refractivity contribution in [3.05, 3.63) is 39.4 Å². The van der Waals surface area contributed by atoms with Crippen LogP contribution in [0.2, 0.25) is 0 Å². The third-order valence-corrected chi connectivity index (χ3v) is 5.76. The minimum Gasteiger partial charge on any atom is -0.477 e. The number of nitrogens with zero attached hydrogens (tertiary/aromatic N) is 2. The predicted molar refractivity (Wildman–Crippen MR) is 97.0 cm³/mol. The average molecular weight is 376 g/mol. The highest BCUT2D eigenvalue weighted by Crippen LogP contribution is 2.39. The highest BCUT2D eigenvalue weighted by molar-refractivity contribution is 5.95. The van der Waals surface area contributed by atoms with Crippen LogP contribution in [0.3, 0.4) is 0 Å². The van der Waals surface area contributed by atoms with E-state index in [4.69, 9.17) is 0 Å². The summed E-state index contributed by atoms with van der Waals surface area (Å²) in [5.41, 5.74) is 0.156. The number of carbonyl (C=O) groups is 1. The number of anilines is 1. The number of aliphatic hydroxyl groups excluding tert-OH is 2. The molecule has 3 heterocycles. The summed E-state index contributed by atoms with van der Waals surface area (Å²) >= 11 is 0. The van der Waals surface area contributed by atoms with Crippen molar-refractivity contribution >= 4 is 22.6 Å². The molecule has 0 aliphatic carbocycles. The molecule has 2 atom stereocenters. The minimum atomic E-state index is -1.38. The van der Waals surface area contributed by atoms with Gasteiger partial charge in [0.25, 0.3) is 0 Å². The summed E-state index contributed by atoms with van der Waals surface area (Å²) in [4.78, 5) is 25.9. The number of halogens is 1. The largest absolute Gasteiger partial charge is 0.477 e. The molecule has 2 aliphatic heterocycles. The number of hydrogen-bond donors (Lipinski definition) is 3. The Morgan fingerprint density at radius 3 is 2.56 bits per heavy atom. The van der Waals surface area contributed by atoms with Crippen molar-refractivity contribution in [1.29, 1.82) is 0 Å². The second-order valence-corrected chi connectivity index (χ2v) is 7.40. The van der Waals surface area contributed by atoms with Crippen molar-refractivity contribution in [3.63, 3.8) is 0 Å². The van der Waals surface area contributed by atoms with Gasteiger partial charge in [0.05, 0.1) is 29.5 Å². The molecule has 0 amide bonds. The first-order valence-corrected chi connectivity index (χ1v) is 9.04. The molecule has 2 aliphatic rings. The molecule has 1 aromatic heterocycles. The SMILES string of the molecule is CC1C(O)Cc2c(N3CCC(O)CC3)c(F)cc3c(=O)c(C(=O)O)cn1c23. The second kappa shape index (κ2) is 6.31. The number of pyridine rings is 1. The molecular formula is C19H21FN2O5. The highest BCUT2D eigenvalue weighted by Gasteiger charge is 2.33. The summed E-state index contributed by atoms with van der Waals surface area (Å²) in [7, 11) is 0. The van der Waals surface area contributed by atoms with E-state index in [1.165, 1.54) is 6.20 Å². The van der Waals surface area contributed by atoms with Gasteiger partial charge in [-0.3, -0.25) is 4.79 Å². The highest BCUT2D eigenvalue weighted by atomic mass is 19.1. The summed E-state index contributed by atoms with van der Waals surface area (Å²) in [6.07, 6.45) is 1.20. The maximum absolute atomic E-state index is 15.1. The molecule has 27 heavy (non-hydrogen) atoms. The monoisotopic (exact) mass is 376 g/mol. The Labute approximate surface area is 154 Å². The average Bonchev–Trinajstić information content (AvgIpc) is 2.62. The van der Waals surface area contributed by atoms with E-state index in [1.54, 1.807) is 11.5 Å². The van der Waals surface area contributed by atoms with E-state index in [0.717, 1.165) is 6.07 Å². The summed E-state index contributed by atoms with van der Waals surface area (Å²) < 4.78 is 16.6. The van der Waals surface area contributed by atoms with Crippen molar-refractivity contribution in [2.24, 2.45) is 0 Å². The van der Waals surface area contributed by atoms with E-state index in [2.05, 4.69) is 0 Å². The number of piperidine rings is 1. The zero-order valence-corrected chi connectivity index (χ0v) is 14.9. The van der Waals surface area contributed by atoms with Gasteiger partial charge in [0.1, 0.15) is 11.4 Å². The molecular weight excluding hydrogens is 355 g/mol. The molecule has 1 fully saturated rings. The van der Waals surface area contributed by atoms with Crippen LogP contribution < -0.4 is 10.3 Å². The van der Waals surface area contributed by atoms with Gasteiger partial charge in [-0.15, -0.1) is 0 Å². The second-order valence-electron chi connectivity index (χ2n) is 7.40. The Morgan fingerprint density at radius 2 is 1.93 bits per heavy atom. The van der Waals surface area contributed by atoms with E-state index >= 15 is 4.39 Å². The van der Waals surface area contributed by atoms with E-state index in [1.807, 2.05) is 4.90 Å². The molecule has 3 N–H and O–H groups in total. The van der Waals surface area contributed by atoms with E-state index in [9.17, 15) is 24.9 Å². The van der Waals surface area contributed by atoms with Gasteiger partial charge in [-0.1, -0.05) is 0 Å². The topological polar surface area (TPSA) is 103 Å². The molecule has 1 aromatic carbocycles. The number of aromatic carboxylic acids is 1. The molecule has 2 unspecified atom stereocenters. The summed E-state index contributed by atoms with van der Waals surface area (Å²) in [5, 5.41) is 29.6. The summed E-state index contributed by atoms with van der Waals surface area (Å²) in [6.45, 7) is 2.68. The Balaban J connectivity index is 2.03. The fraction of sp³-hybridized carbons (Fsp3) is 0.474. The van der Waals surface area contributed by atoms with Gasteiger partial charge >= 0.3 is 5.97 Å². The van der Waals surface area contributed by atoms with Gasteiger partial charge in [0, 0.05) is 36.7 Å². The number of hydrogen-bond acceptors (Lipinski definition) is 5. The smallest absolute Gasteiger partial charge is 0.341 e. The summed E-state index contributed by atoms with van der Waals surface area (Å²) in [6, 6.07) is 0.662. The van der Waals surface area contributed by atoms with Gasteiger partial charge in [0.15, 0.2) is 0 Å². The fourth-order valence-electron chi connectivity index (χ4n) is 4.22. The molecule has 144 valence electrons. The first kappa shape index (κ1) is 17.9. The third-order valence-electron chi connectivity index (χ3n) is 5.76. The molecule has 8 heteroatoms. The lowest BCUT2D eigenvalue weighted by atomic mass is 9.91. The number of rotatable bonds is 2. The van der Waals surface area contributed by atoms with Crippen LogP contribution >= 0.6 is 0 Å². The molecule has 2 aromatic rings. The lowest BCUT2D eigenvalue weighted by Crippen LogP contribution is -2.39. The lowest BCUT2D eigenvalue weighted by molar-refractivity contribution is 0.0692. The van der Waals surface area contributed by atoms with Crippen molar-refractivity contribution in [2.75, 3.05) is 18.0 Å². The number of carboxylic acids is 1. The van der Waals surface area contributed by atoms with Crippen molar-refractivity contribution < 1.29 is 24.5 Å². The fourth-order valence-corrected chi connectivity index (χ4v) is 4.22. The number of carboxylic acid groups (broad SMARTS) is 1. The van der Waals surface area contributed by atoms with Crippen LogP contribution in [0.4, 0.5) is 10.1 Å². The summed E-state index contributed by atoms with van der Waals surface area (Å²) in [5.74, 6) is -1.99. The quantitative estimate of drug-likeness (QED) is 0.730. The number of aliphatic hydroxyl groups is 2. The first-order valence-electron chi connectivity index (χ1n) is 9.04. The normalized spacial score (nSPS) is 23.0. The van der Waals surface area contributed by atoms with Crippen molar-refractivity contribution in [3.8, 4) is 0 Å². The van der Waals surface area contributed by atoms with E-state index in [-0.39, 0.29) is 11.8 Å². The molecule has 7 nitrogen and oxygen atoms in total. The van der Waals surface area contributed by atoms with E-state index in [0.29, 0.717) is 42.7 Å². The maximum atomic E-state index is 15.1. The molecule has 0 saturated carbocycles. The van der Waals surface area contributed by atoms with Crippen LogP contribution in [0.25, 0.3) is 10.9 Å². The molecule has 0 spiro atoms. The molecule has 0 radical (unpaired) electrons. The van der Waals surface area contributed by atoms with Crippen LogP contribution in [-0.2, 0) is 6.42 Å². The van der Waals surface area contributed by atoms with Gasteiger partial charge in [-0.05, 0) is 25.8 Å². The van der Waals surface area contributed by atoms with Crippen LogP contribution in [0.15, 0.2) is 17.1 Å². The standard InChI is InChI=1S/C19H21FN2O5/c1-9-15(24)7-11-16-12(18(25)13(19(26)27)8-22(9)16)6-14(20)17(11)21-4-2-10(23)3-5-21/h6,8-10,15,23-24H,2-5,7H2,1H3,(H,26,27). The molecule has 0 bridgehead atoms. The van der Waals surface area contributed by atoms with Gasteiger partial charge in [0.2, 0.25) is 5.43 Å². The third kappa shape index (κ3) is 2.71. The van der Waals surface area contributed by atoms with Crippen LogP contribution in [-0.4, -0.2) is 51.2 Å². The molecule has 1 saturated heterocycles. The zero-order chi connectivity index (χ0) is 19.5. The maximum Gasteiger partial charge on any atom is 0.341 e. The number of benzene rings is 1. The minimum absolute atomic E-state index is 0.0157. The van der Waals surface area contributed by atoms with Gasteiger partial charge < -0.3 is 24.8 Å². The first-order chi connectivity index (χ1) is 12.8. The Morgan fingerprint density at radius 1 is 1.26 bits per heavy atom. The van der Waals surface area contributed by atoms with Crippen LogP contribution in [0.1, 0.15) is 41.7 Å².